The van der Waals surface area contributed by atoms with Crippen molar-refractivity contribution in [1.82, 2.24) is 19.6 Å². The van der Waals surface area contributed by atoms with E-state index in [4.69, 9.17) is 11.6 Å². The van der Waals surface area contributed by atoms with Gasteiger partial charge in [-0.15, -0.1) is 0 Å². The molecule has 20 heavy (non-hydrogen) atoms. The van der Waals surface area contributed by atoms with Crippen LogP contribution in [0.1, 0.15) is 42.6 Å². The third-order valence-electron chi connectivity index (χ3n) is 3.53. The van der Waals surface area contributed by atoms with Crippen LogP contribution in [0, 0.1) is 6.92 Å². The van der Waals surface area contributed by atoms with Crippen molar-refractivity contribution in [3.63, 3.8) is 0 Å². The molecule has 1 atom stereocenters. The third-order valence-corrected chi connectivity index (χ3v) is 4.00. The summed E-state index contributed by atoms with van der Waals surface area (Å²) in [4.78, 5) is 0. The van der Waals surface area contributed by atoms with Crippen molar-refractivity contribution in [2.24, 2.45) is 7.05 Å². The number of aryl methyl sites for hydroxylation is 4. The molecule has 0 saturated heterocycles. The smallest absolute Gasteiger partial charge is 0.130 e. The SMILES string of the molecule is CCc1cc(C(O)Cc2c(C)nn(C)c2Cl)n(CC)n1. The molecule has 0 radical (unpaired) electrons. The van der Waals surface area contributed by atoms with Gasteiger partial charge in [-0.25, -0.2) is 0 Å². The Kier molecular flexibility index (Phi) is 4.50. The van der Waals surface area contributed by atoms with Crippen LogP contribution >= 0.6 is 11.6 Å². The van der Waals surface area contributed by atoms with Crippen LogP contribution in [-0.4, -0.2) is 24.7 Å². The average Bonchev–Trinajstić information content (AvgIpc) is 2.95. The molecule has 0 saturated carbocycles. The first-order valence-corrected chi connectivity index (χ1v) is 7.28. The van der Waals surface area contributed by atoms with Crippen LogP contribution in [0.2, 0.25) is 5.15 Å². The molecule has 6 heteroatoms. The Balaban J connectivity index is 2.27. The molecule has 0 spiro atoms. The van der Waals surface area contributed by atoms with Crippen LogP contribution in [0.5, 0.6) is 0 Å². The molecule has 2 heterocycles. The highest BCUT2D eigenvalue weighted by atomic mass is 35.5. The van der Waals surface area contributed by atoms with Gasteiger partial charge in [0.05, 0.1) is 23.2 Å². The van der Waals surface area contributed by atoms with Gasteiger partial charge in [0.25, 0.3) is 0 Å². The first-order valence-electron chi connectivity index (χ1n) is 6.90. The lowest BCUT2D eigenvalue weighted by molar-refractivity contribution is 0.167. The lowest BCUT2D eigenvalue weighted by Gasteiger charge is -2.12. The highest BCUT2D eigenvalue weighted by Gasteiger charge is 2.20. The van der Waals surface area contributed by atoms with E-state index < -0.39 is 6.10 Å². The zero-order valence-corrected chi connectivity index (χ0v) is 13.1. The largest absolute Gasteiger partial charge is 0.386 e. The zero-order valence-electron chi connectivity index (χ0n) is 12.4. The maximum absolute atomic E-state index is 10.5. The van der Waals surface area contributed by atoms with Gasteiger partial charge in [-0.05, 0) is 26.3 Å². The topological polar surface area (TPSA) is 55.9 Å². The van der Waals surface area contributed by atoms with Gasteiger partial charge in [-0.2, -0.15) is 10.2 Å². The van der Waals surface area contributed by atoms with E-state index >= 15 is 0 Å². The Bertz CT molecular complexity index is 603. The van der Waals surface area contributed by atoms with Gasteiger partial charge in [-0.1, -0.05) is 18.5 Å². The molecule has 0 fully saturated rings. The zero-order chi connectivity index (χ0) is 14.9. The summed E-state index contributed by atoms with van der Waals surface area (Å²) in [7, 11) is 1.80. The van der Waals surface area contributed by atoms with E-state index in [-0.39, 0.29) is 0 Å². The molecule has 1 N–H and O–H groups in total. The molecule has 110 valence electrons. The summed E-state index contributed by atoms with van der Waals surface area (Å²) in [6.45, 7) is 6.72. The summed E-state index contributed by atoms with van der Waals surface area (Å²) in [5.74, 6) is 0. The number of rotatable bonds is 5. The fraction of sp³-hybridized carbons (Fsp3) is 0.571. The molecular formula is C14H21ClN4O. The molecule has 0 amide bonds. The predicted molar refractivity (Wildman–Crippen MR) is 78.9 cm³/mol. The Labute approximate surface area is 124 Å². The molecular weight excluding hydrogens is 276 g/mol. The van der Waals surface area contributed by atoms with E-state index in [9.17, 15) is 5.11 Å². The minimum Gasteiger partial charge on any atom is -0.386 e. The number of aromatic nitrogens is 4. The van der Waals surface area contributed by atoms with Crippen molar-refractivity contribution < 1.29 is 5.11 Å². The van der Waals surface area contributed by atoms with Gasteiger partial charge < -0.3 is 5.11 Å². The molecule has 0 aliphatic rings. The number of aliphatic hydroxyl groups is 1. The Hall–Kier alpha value is -1.33. The van der Waals surface area contributed by atoms with Crippen molar-refractivity contribution in [3.8, 4) is 0 Å². The molecule has 2 rings (SSSR count). The second kappa shape index (κ2) is 5.97. The quantitative estimate of drug-likeness (QED) is 0.922. The van der Waals surface area contributed by atoms with Crippen molar-refractivity contribution in [3.05, 3.63) is 33.9 Å². The Morgan fingerprint density at radius 1 is 1.35 bits per heavy atom. The van der Waals surface area contributed by atoms with E-state index in [1.165, 1.54) is 0 Å². The van der Waals surface area contributed by atoms with Gasteiger partial charge in [0, 0.05) is 25.6 Å². The number of hydrogen-bond donors (Lipinski definition) is 1. The van der Waals surface area contributed by atoms with E-state index in [0.717, 1.165) is 35.6 Å². The number of aliphatic hydroxyl groups excluding tert-OH is 1. The van der Waals surface area contributed by atoms with Crippen LogP contribution < -0.4 is 0 Å². The summed E-state index contributed by atoms with van der Waals surface area (Å²) in [6, 6.07) is 1.97. The third kappa shape index (κ3) is 2.74. The summed E-state index contributed by atoms with van der Waals surface area (Å²) in [5, 5.41) is 19.8. The number of nitrogens with zero attached hydrogens (tertiary/aromatic N) is 4. The normalized spacial score (nSPS) is 12.9. The first kappa shape index (κ1) is 15.1. The van der Waals surface area contributed by atoms with E-state index in [2.05, 4.69) is 17.1 Å². The van der Waals surface area contributed by atoms with Gasteiger partial charge in [0.15, 0.2) is 0 Å². The van der Waals surface area contributed by atoms with Crippen LogP contribution in [0.25, 0.3) is 0 Å². The fourth-order valence-corrected chi connectivity index (χ4v) is 2.64. The fourth-order valence-electron chi connectivity index (χ4n) is 2.38. The molecule has 0 aliphatic heterocycles. The standard InChI is InChI=1S/C14H21ClN4O/c1-5-10-7-12(19(6-2)17-10)13(20)8-11-9(3)16-18(4)14(11)15/h7,13,20H,5-6,8H2,1-4H3. The molecule has 2 aromatic rings. The molecule has 0 bridgehead atoms. The lowest BCUT2D eigenvalue weighted by Crippen LogP contribution is -2.10. The van der Waals surface area contributed by atoms with E-state index in [1.54, 1.807) is 11.7 Å². The Morgan fingerprint density at radius 3 is 2.55 bits per heavy atom. The van der Waals surface area contributed by atoms with Crippen LogP contribution in [0.15, 0.2) is 6.07 Å². The van der Waals surface area contributed by atoms with Gasteiger partial charge >= 0.3 is 0 Å². The number of halogens is 1. The average molecular weight is 297 g/mol. The second-order valence-electron chi connectivity index (χ2n) is 4.93. The van der Waals surface area contributed by atoms with Crippen molar-refractivity contribution >= 4 is 11.6 Å². The summed E-state index contributed by atoms with van der Waals surface area (Å²) < 4.78 is 3.48. The highest BCUT2D eigenvalue weighted by Crippen LogP contribution is 2.26. The molecule has 5 nitrogen and oxygen atoms in total. The van der Waals surface area contributed by atoms with Crippen molar-refractivity contribution in [2.75, 3.05) is 0 Å². The van der Waals surface area contributed by atoms with Crippen LogP contribution in [0.3, 0.4) is 0 Å². The predicted octanol–water partition coefficient (Wildman–Crippen LogP) is 2.44. The van der Waals surface area contributed by atoms with Gasteiger partial charge in [0.2, 0.25) is 0 Å². The molecule has 2 aromatic heterocycles. The lowest BCUT2D eigenvalue weighted by atomic mass is 10.1. The number of hydrogen-bond acceptors (Lipinski definition) is 3. The van der Waals surface area contributed by atoms with E-state index in [1.807, 2.05) is 24.6 Å². The van der Waals surface area contributed by atoms with Gasteiger partial charge in [-0.3, -0.25) is 9.36 Å². The maximum Gasteiger partial charge on any atom is 0.130 e. The summed E-state index contributed by atoms with van der Waals surface area (Å²) in [6.07, 6.45) is 0.690. The van der Waals surface area contributed by atoms with Crippen LogP contribution in [0.4, 0.5) is 0 Å². The summed E-state index contributed by atoms with van der Waals surface area (Å²) >= 11 is 6.22. The minimum atomic E-state index is -0.622. The minimum absolute atomic E-state index is 0.452. The molecule has 0 aliphatic carbocycles. The molecule has 1 unspecified atom stereocenters. The van der Waals surface area contributed by atoms with E-state index in [0.29, 0.717) is 11.6 Å². The molecule has 0 aromatic carbocycles. The first-order chi connectivity index (χ1) is 9.47. The maximum atomic E-state index is 10.5. The van der Waals surface area contributed by atoms with Crippen LogP contribution in [-0.2, 0) is 26.4 Å². The second-order valence-corrected chi connectivity index (χ2v) is 5.29. The van der Waals surface area contributed by atoms with Crippen molar-refractivity contribution in [1.29, 1.82) is 0 Å². The van der Waals surface area contributed by atoms with Gasteiger partial charge in [0.1, 0.15) is 5.15 Å². The van der Waals surface area contributed by atoms with Crippen molar-refractivity contribution in [2.45, 2.75) is 46.3 Å². The summed E-state index contributed by atoms with van der Waals surface area (Å²) in [5.41, 5.74) is 3.58. The monoisotopic (exact) mass is 296 g/mol. The highest BCUT2D eigenvalue weighted by molar-refractivity contribution is 6.30. The Morgan fingerprint density at radius 2 is 2.05 bits per heavy atom.